The van der Waals surface area contributed by atoms with Gasteiger partial charge in [-0.15, -0.1) is 0 Å². The Morgan fingerprint density at radius 3 is 0.688 bits per heavy atom. The molecule has 0 aliphatic rings. The summed E-state index contributed by atoms with van der Waals surface area (Å²) in [7, 11) is 0. The number of hydrogen-bond acceptors (Lipinski definition) is 10. The van der Waals surface area contributed by atoms with Crippen LogP contribution < -0.4 is 18.9 Å². The third kappa shape index (κ3) is 7.08. The topological polar surface area (TPSA) is 180 Å². The lowest BCUT2D eigenvalue weighted by atomic mass is 9.85. The molecular formula is C36H22O12. The van der Waals surface area contributed by atoms with Gasteiger partial charge in [0, 0.05) is 0 Å². The minimum atomic E-state index is -2.06. The number of ether oxygens (including phenoxy) is 4. The van der Waals surface area contributed by atoms with E-state index >= 15 is 0 Å². The van der Waals surface area contributed by atoms with Crippen LogP contribution in [0.5, 0.6) is 23.0 Å². The molecule has 0 amide bonds. The number of aromatic carboxylic acids is 2. The molecule has 0 bridgehead atoms. The molecule has 0 atom stereocenters. The van der Waals surface area contributed by atoms with E-state index in [2.05, 4.69) is 0 Å². The summed E-state index contributed by atoms with van der Waals surface area (Å²) in [5.41, 5.74) is -7.33. The molecule has 0 aliphatic heterocycles. The maximum atomic E-state index is 14.0. The fourth-order valence-corrected chi connectivity index (χ4v) is 4.58. The molecule has 238 valence electrons. The smallest absolute Gasteiger partial charge is 0.345 e. The molecule has 0 radical (unpaired) electrons. The third-order valence-electron chi connectivity index (χ3n) is 6.56. The summed E-state index contributed by atoms with van der Waals surface area (Å²) >= 11 is 0. The summed E-state index contributed by atoms with van der Waals surface area (Å²) in [5.74, 6) is -10.7. The van der Waals surface area contributed by atoms with Crippen molar-refractivity contribution in [1.82, 2.24) is 0 Å². The van der Waals surface area contributed by atoms with Crippen LogP contribution in [0.4, 0.5) is 0 Å². The Kier molecular flexibility index (Phi) is 9.66. The van der Waals surface area contributed by atoms with Crippen LogP contribution in [-0.2, 0) is 0 Å². The van der Waals surface area contributed by atoms with Crippen LogP contribution in [0.3, 0.4) is 0 Å². The second-order valence-electron chi connectivity index (χ2n) is 9.67. The highest BCUT2D eigenvalue weighted by Gasteiger charge is 2.43. The normalized spacial score (nSPS) is 10.3. The van der Waals surface area contributed by atoms with Crippen molar-refractivity contribution in [1.29, 1.82) is 0 Å². The quantitative estimate of drug-likeness (QED) is 0.134. The van der Waals surface area contributed by atoms with Crippen LogP contribution in [-0.4, -0.2) is 46.0 Å². The van der Waals surface area contributed by atoms with Crippen molar-refractivity contribution in [3.05, 3.63) is 155 Å². The van der Waals surface area contributed by atoms with Gasteiger partial charge in [0.15, 0.2) is 0 Å². The highest BCUT2D eigenvalue weighted by Crippen LogP contribution is 2.34. The first kappa shape index (κ1) is 32.3. The van der Waals surface area contributed by atoms with Crippen molar-refractivity contribution in [3.63, 3.8) is 0 Å². The van der Waals surface area contributed by atoms with Gasteiger partial charge in [-0.3, -0.25) is 0 Å². The van der Waals surface area contributed by atoms with Crippen LogP contribution in [0.2, 0.25) is 0 Å². The first-order valence-corrected chi connectivity index (χ1v) is 13.9. The van der Waals surface area contributed by atoms with Crippen molar-refractivity contribution in [2.24, 2.45) is 0 Å². The summed E-state index contributed by atoms with van der Waals surface area (Å²) in [4.78, 5) is 81.4. The van der Waals surface area contributed by atoms with Gasteiger partial charge < -0.3 is 29.2 Å². The lowest BCUT2D eigenvalue weighted by Crippen LogP contribution is -2.32. The molecule has 5 rings (SSSR count). The molecule has 0 unspecified atom stereocenters. The average Bonchev–Trinajstić information content (AvgIpc) is 3.08. The predicted molar refractivity (Wildman–Crippen MR) is 166 cm³/mol. The minimum Gasteiger partial charge on any atom is -0.478 e. The van der Waals surface area contributed by atoms with Crippen molar-refractivity contribution < 1.29 is 57.9 Å². The van der Waals surface area contributed by atoms with Gasteiger partial charge in [0.25, 0.3) is 0 Å². The van der Waals surface area contributed by atoms with Gasteiger partial charge in [-0.25, -0.2) is 28.8 Å². The second-order valence-corrected chi connectivity index (χ2v) is 9.67. The van der Waals surface area contributed by atoms with Crippen LogP contribution in [0.1, 0.15) is 62.1 Å². The van der Waals surface area contributed by atoms with Crippen molar-refractivity contribution in [2.75, 3.05) is 0 Å². The number of rotatable bonds is 10. The largest absolute Gasteiger partial charge is 0.478 e. The van der Waals surface area contributed by atoms with Gasteiger partial charge in [0.1, 0.15) is 23.0 Å². The van der Waals surface area contributed by atoms with Gasteiger partial charge in [-0.1, -0.05) is 72.8 Å². The molecule has 0 heterocycles. The molecule has 0 spiro atoms. The Hall–Kier alpha value is -7.08. The van der Waals surface area contributed by atoms with Crippen LogP contribution in [0.25, 0.3) is 0 Å². The molecule has 0 saturated heterocycles. The molecule has 2 N–H and O–H groups in total. The maximum Gasteiger partial charge on any atom is 0.345 e. The lowest BCUT2D eigenvalue weighted by Gasteiger charge is -2.21. The van der Waals surface area contributed by atoms with Gasteiger partial charge in [-0.2, -0.15) is 0 Å². The number of carboxylic acids is 2. The number of benzene rings is 5. The number of para-hydroxylation sites is 4. The second kappa shape index (κ2) is 14.3. The highest BCUT2D eigenvalue weighted by atomic mass is 16.6. The van der Waals surface area contributed by atoms with Crippen molar-refractivity contribution in [2.45, 2.75) is 0 Å². The average molecular weight is 647 g/mol. The van der Waals surface area contributed by atoms with E-state index in [-0.39, 0.29) is 23.0 Å². The fourth-order valence-electron chi connectivity index (χ4n) is 4.58. The molecule has 0 aliphatic carbocycles. The molecular weight excluding hydrogens is 624 g/mol. The van der Waals surface area contributed by atoms with Crippen LogP contribution in [0, 0.1) is 0 Å². The van der Waals surface area contributed by atoms with Gasteiger partial charge in [0.05, 0.1) is 33.4 Å². The molecule has 0 saturated carbocycles. The molecule has 5 aromatic carbocycles. The standard InChI is InChI=1S/C36H22O12/c37-31(38)25-26(32(39)40)28(34(42)46-22-15-7-2-8-16-22)30(36(44)48-24-19-11-4-12-20-24)29(35(43)47-23-17-9-3-10-18-23)27(25)33(41)45-21-13-5-1-6-14-21/h1-20H,(H,37,38)(H,39,40). The fraction of sp³-hybridized carbons (Fsp3) is 0. The SMILES string of the molecule is O=C(O)c1c(C(=O)O)c(C(=O)Oc2ccccc2)c(C(=O)Oc2ccccc2)c(C(=O)Oc2ccccc2)c1C(=O)Oc1ccccc1. The molecule has 0 fully saturated rings. The lowest BCUT2D eigenvalue weighted by molar-refractivity contribution is 0.0615. The Morgan fingerprint density at radius 2 is 0.500 bits per heavy atom. The summed E-state index contributed by atoms with van der Waals surface area (Å²) in [6.07, 6.45) is 0. The van der Waals surface area contributed by atoms with E-state index in [1.807, 2.05) is 0 Å². The summed E-state index contributed by atoms with van der Waals surface area (Å²) in [6, 6.07) is 29.0. The van der Waals surface area contributed by atoms with Crippen molar-refractivity contribution >= 4 is 35.8 Å². The van der Waals surface area contributed by atoms with E-state index in [9.17, 15) is 39.0 Å². The van der Waals surface area contributed by atoms with Crippen LogP contribution in [0.15, 0.2) is 121 Å². The zero-order valence-electron chi connectivity index (χ0n) is 24.5. The Morgan fingerprint density at radius 1 is 0.312 bits per heavy atom. The van der Waals surface area contributed by atoms with Gasteiger partial charge >= 0.3 is 35.8 Å². The number of carbonyl (C=O) groups excluding carboxylic acids is 4. The first-order chi connectivity index (χ1) is 23.2. The zero-order valence-corrected chi connectivity index (χ0v) is 24.5. The Bertz CT molecular complexity index is 1880. The van der Waals surface area contributed by atoms with Gasteiger partial charge in [0.2, 0.25) is 0 Å². The zero-order chi connectivity index (χ0) is 34.2. The summed E-state index contributed by atoms with van der Waals surface area (Å²) < 4.78 is 21.5. The van der Waals surface area contributed by atoms with Crippen molar-refractivity contribution in [3.8, 4) is 23.0 Å². The molecule has 0 aromatic heterocycles. The molecule has 48 heavy (non-hydrogen) atoms. The Balaban J connectivity index is 1.88. The molecule has 5 aromatic rings. The molecule has 12 nitrogen and oxygen atoms in total. The van der Waals surface area contributed by atoms with E-state index < -0.39 is 69.2 Å². The Labute approximate surface area is 271 Å². The minimum absolute atomic E-state index is 0.111. The van der Waals surface area contributed by atoms with E-state index in [0.29, 0.717) is 0 Å². The summed E-state index contributed by atoms with van der Waals surface area (Å²) in [5, 5.41) is 20.8. The maximum absolute atomic E-state index is 14.0. The third-order valence-corrected chi connectivity index (χ3v) is 6.56. The predicted octanol–water partition coefficient (Wildman–Crippen LogP) is 5.96. The van der Waals surface area contributed by atoms with E-state index in [0.717, 1.165) is 0 Å². The number of carbonyl (C=O) groups is 6. The number of esters is 4. The van der Waals surface area contributed by atoms with E-state index in [1.165, 1.54) is 97.1 Å². The summed E-state index contributed by atoms with van der Waals surface area (Å²) in [6.45, 7) is 0. The van der Waals surface area contributed by atoms with Crippen LogP contribution >= 0.6 is 0 Å². The molecule has 12 heteroatoms. The number of carboxylic acid groups (broad SMARTS) is 2. The monoisotopic (exact) mass is 646 g/mol. The van der Waals surface area contributed by atoms with Gasteiger partial charge in [-0.05, 0) is 48.5 Å². The first-order valence-electron chi connectivity index (χ1n) is 13.9. The van der Waals surface area contributed by atoms with E-state index in [4.69, 9.17) is 18.9 Å². The number of hydrogen-bond donors (Lipinski definition) is 2. The van der Waals surface area contributed by atoms with E-state index in [1.54, 1.807) is 24.3 Å². The highest BCUT2D eigenvalue weighted by molar-refractivity contribution is 6.24.